The quantitative estimate of drug-likeness (QED) is 0.313. The predicted octanol–water partition coefficient (Wildman–Crippen LogP) is 4.19. The van der Waals surface area contributed by atoms with Crippen molar-refractivity contribution in [3.63, 3.8) is 0 Å². The Labute approximate surface area is 202 Å². The van der Waals surface area contributed by atoms with Gasteiger partial charge in [-0.3, -0.25) is 9.59 Å². The van der Waals surface area contributed by atoms with Gasteiger partial charge in [0, 0.05) is 5.69 Å². The molecule has 3 rings (SSSR count). The zero-order valence-corrected chi connectivity index (χ0v) is 19.6. The molecule has 0 aromatic heterocycles. The van der Waals surface area contributed by atoms with E-state index in [0.29, 0.717) is 42.9 Å². The van der Waals surface area contributed by atoms with Crippen LogP contribution in [0.15, 0.2) is 41.5 Å². The van der Waals surface area contributed by atoms with Crippen molar-refractivity contribution in [1.29, 1.82) is 0 Å². The first kappa shape index (κ1) is 25.7. The number of benzene rings is 2. The summed E-state index contributed by atoms with van der Waals surface area (Å²) in [4.78, 5) is 35.6. The molecule has 186 valence electrons. The first-order chi connectivity index (χ1) is 16.9. The van der Waals surface area contributed by atoms with Crippen LogP contribution in [-0.2, 0) is 20.7 Å². The summed E-state index contributed by atoms with van der Waals surface area (Å²) in [5.41, 5.74) is 3.78. The number of esters is 1. The number of fused-ring (bicyclic) bond motifs is 1. The van der Waals surface area contributed by atoms with Gasteiger partial charge in [0.05, 0.1) is 31.4 Å². The molecule has 2 amide bonds. The fourth-order valence-corrected chi connectivity index (χ4v) is 3.45. The van der Waals surface area contributed by atoms with Crippen molar-refractivity contribution in [3.8, 4) is 5.75 Å². The number of rotatable bonds is 9. The number of nitrogens with zero attached hydrogens (tertiary/aromatic N) is 1. The highest BCUT2D eigenvalue weighted by molar-refractivity contribution is 6.04. The van der Waals surface area contributed by atoms with Crippen molar-refractivity contribution >= 4 is 29.9 Å². The number of carbonyl (C=O) groups is 3. The molecule has 0 aliphatic carbocycles. The van der Waals surface area contributed by atoms with Gasteiger partial charge in [-0.1, -0.05) is 13.0 Å². The first-order valence-corrected chi connectivity index (χ1v) is 11.4. The summed E-state index contributed by atoms with van der Waals surface area (Å²) in [5.74, 6) is -0.993. The van der Waals surface area contributed by atoms with E-state index in [1.54, 1.807) is 25.1 Å². The zero-order valence-electron chi connectivity index (χ0n) is 19.6. The molecule has 9 nitrogen and oxygen atoms in total. The molecular weight excluding hydrogens is 457 g/mol. The number of carbonyl (C=O) groups excluding carboxylic acids is 3. The summed E-state index contributed by atoms with van der Waals surface area (Å²) >= 11 is 0. The molecule has 1 atom stereocenters. The second-order valence-corrected chi connectivity index (χ2v) is 7.81. The van der Waals surface area contributed by atoms with Gasteiger partial charge >= 0.3 is 12.1 Å². The van der Waals surface area contributed by atoms with Crippen molar-refractivity contribution < 1.29 is 33.0 Å². The molecule has 0 fully saturated rings. The van der Waals surface area contributed by atoms with Gasteiger partial charge in [0.2, 0.25) is 0 Å². The minimum Gasteiger partial charge on any atom is -0.490 e. The van der Waals surface area contributed by atoms with Crippen molar-refractivity contribution in [2.45, 2.75) is 45.6 Å². The number of anilines is 1. The fraction of sp³-hybridized carbons (Fsp3) is 0.360. The van der Waals surface area contributed by atoms with Gasteiger partial charge in [0.25, 0.3) is 5.91 Å². The van der Waals surface area contributed by atoms with Crippen LogP contribution in [0.5, 0.6) is 5.75 Å². The van der Waals surface area contributed by atoms with E-state index in [9.17, 15) is 18.8 Å². The normalized spacial score (nSPS) is 14.5. The van der Waals surface area contributed by atoms with Crippen LogP contribution in [0.1, 0.15) is 54.6 Å². The first-order valence-electron chi connectivity index (χ1n) is 11.4. The highest BCUT2D eigenvalue weighted by Crippen LogP contribution is 2.31. The highest BCUT2D eigenvalue weighted by atomic mass is 19.1. The van der Waals surface area contributed by atoms with Gasteiger partial charge in [0.1, 0.15) is 17.7 Å². The van der Waals surface area contributed by atoms with Gasteiger partial charge < -0.3 is 19.5 Å². The lowest BCUT2D eigenvalue weighted by Gasteiger charge is -2.26. The molecule has 0 saturated carbocycles. The van der Waals surface area contributed by atoms with Crippen LogP contribution in [0.4, 0.5) is 14.9 Å². The second-order valence-electron chi connectivity index (χ2n) is 7.81. The number of hydrazone groups is 1. The Hall–Kier alpha value is -3.95. The van der Waals surface area contributed by atoms with Crippen molar-refractivity contribution in [1.82, 2.24) is 5.43 Å². The number of hydrogen-bond donors (Lipinski definition) is 2. The fourth-order valence-electron chi connectivity index (χ4n) is 3.45. The lowest BCUT2D eigenvalue weighted by molar-refractivity contribution is -0.145. The van der Waals surface area contributed by atoms with Gasteiger partial charge in [-0.15, -0.1) is 0 Å². The summed E-state index contributed by atoms with van der Waals surface area (Å²) in [6, 6.07) is 9.13. The van der Waals surface area contributed by atoms with Crippen molar-refractivity contribution in [3.05, 3.63) is 58.9 Å². The number of halogens is 1. The van der Waals surface area contributed by atoms with Crippen LogP contribution in [0.2, 0.25) is 0 Å². The molecule has 2 N–H and O–H groups in total. The molecular formula is C25H28FN3O6. The average Bonchev–Trinajstić information content (AvgIpc) is 2.83. The molecule has 35 heavy (non-hydrogen) atoms. The molecule has 10 heteroatoms. The van der Waals surface area contributed by atoms with Crippen LogP contribution >= 0.6 is 0 Å². The topological polar surface area (TPSA) is 115 Å². The minimum absolute atomic E-state index is 0.138. The summed E-state index contributed by atoms with van der Waals surface area (Å²) in [7, 11) is 0. The van der Waals surface area contributed by atoms with Gasteiger partial charge in [-0.25, -0.2) is 14.6 Å². The predicted molar refractivity (Wildman–Crippen MR) is 127 cm³/mol. The molecule has 1 aliphatic rings. The van der Waals surface area contributed by atoms with E-state index in [-0.39, 0.29) is 30.7 Å². The van der Waals surface area contributed by atoms with E-state index in [1.165, 1.54) is 18.3 Å². The van der Waals surface area contributed by atoms with E-state index in [1.807, 2.05) is 6.92 Å². The summed E-state index contributed by atoms with van der Waals surface area (Å²) in [6.45, 7) is 4.22. The lowest BCUT2D eigenvalue weighted by Crippen LogP contribution is -2.26. The van der Waals surface area contributed by atoms with Crippen LogP contribution in [0.25, 0.3) is 0 Å². The van der Waals surface area contributed by atoms with Crippen LogP contribution in [0, 0.1) is 5.82 Å². The van der Waals surface area contributed by atoms with Crippen molar-refractivity contribution in [2.24, 2.45) is 5.10 Å². The third-order valence-corrected chi connectivity index (χ3v) is 5.09. The maximum atomic E-state index is 14.5. The van der Waals surface area contributed by atoms with Gasteiger partial charge in [-0.05, 0) is 67.6 Å². The monoisotopic (exact) mass is 485 g/mol. The van der Waals surface area contributed by atoms with Crippen molar-refractivity contribution in [2.75, 3.05) is 18.5 Å². The average molecular weight is 486 g/mol. The second kappa shape index (κ2) is 12.5. The molecule has 0 bridgehead atoms. The maximum absolute atomic E-state index is 14.5. The van der Waals surface area contributed by atoms with E-state index < -0.39 is 17.8 Å². The number of amides is 2. The summed E-state index contributed by atoms with van der Waals surface area (Å²) < 4.78 is 30.2. The van der Waals surface area contributed by atoms with E-state index >= 15 is 0 Å². The van der Waals surface area contributed by atoms with Gasteiger partial charge in [0.15, 0.2) is 0 Å². The molecule has 0 spiro atoms. The Morgan fingerprint density at radius 1 is 1.17 bits per heavy atom. The molecule has 2 aromatic carbocycles. The Morgan fingerprint density at radius 3 is 2.74 bits per heavy atom. The highest BCUT2D eigenvalue weighted by Gasteiger charge is 2.23. The zero-order chi connectivity index (χ0) is 25.2. The third-order valence-electron chi connectivity index (χ3n) is 5.09. The Bertz CT molecular complexity index is 1100. The lowest BCUT2D eigenvalue weighted by atomic mass is 10.00. The van der Waals surface area contributed by atoms with E-state index in [4.69, 9.17) is 14.2 Å². The minimum atomic E-state index is -0.733. The van der Waals surface area contributed by atoms with Crippen LogP contribution in [0.3, 0.4) is 0 Å². The smallest absolute Gasteiger partial charge is 0.427 e. The van der Waals surface area contributed by atoms with Crippen LogP contribution < -0.4 is 15.5 Å². The Balaban J connectivity index is 1.58. The largest absolute Gasteiger partial charge is 0.490 e. The van der Waals surface area contributed by atoms with E-state index in [0.717, 1.165) is 11.6 Å². The van der Waals surface area contributed by atoms with Crippen LogP contribution in [-0.4, -0.2) is 43.5 Å². The molecule has 0 radical (unpaired) electrons. The number of hydrogen-bond acceptors (Lipinski definition) is 7. The van der Waals surface area contributed by atoms with E-state index in [2.05, 4.69) is 15.8 Å². The standard InChI is InChI=1S/C25H28FN3O6/c1-3-11-34-25(32)29-27-15-16-5-9-20(21(26)12-16)24(31)28-18-7-10-22-17(13-18)6-8-19(35-22)14-23(30)33-4-2/h5,7,9-10,12-13,15,19H,3-4,6,8,11,14H2,1-2H3,(H,28,31)(H,29,32). The number of nitrogens with one attached hydrogen (secondary N) is 2. The molecule has 1 aliphatic heterocycles. The molecule has 2 aromatic rings. The Morgan fingerprint density at radius 2 is 2.00 bits per heavy atom. The Kier molecular flexibility index (Phi) is 9.16. The number of ether oxygens (including phenoxy) is 3. The SMILES string of the molecule is CCCOC(=O)NN=Cc1ccc(C(=O)Nc2ccc3c(c2)CCC(CC(=O)OCC)O3)c(F)c1. The molecule has 0 saturated heterocycles. The van der Waals surface area contributed by atoms with Gasteiger partial charge in [-0.2, -0.15) is 5.10 Å². The number of aryl methyl sites for hydroxylation is 1. The maximum Gasteiger partial charge on any atom is 0.427 e. The summed E-state index contributed by atoms with van der Waals surface area (Å²) in [6.07, 6.45) is 2.47. The third kappa shape index (κ3) is 7.53. The molecule has 1 unspecified atom stereocenters. The molecule has 1 heterocycles. The summed E-state index contributed by atoms with van der Waals surface area (Å²) in [5, 5.41) is 6.39.